The first-order chi connectivity index (χ1) is 13.5. The lowest BCUT2D eigenvalue weighted by molar-refractivity contribution is 0.102. The molecule has 0 aliphatic heterocycles. The molecule has 1 aromatic heterocycles. The number of para-hydroxylation sites is 1. The average Bonchev–Trinajstić information content (AvgIpc) is 2.69. The Labute approximate surface area is 161 Å². The van der Waals surface area contributed by atoms with Crippen LogP contribution >= 0.6 is 0 Å². The monoisotopic (exact) mass is 372 g/mol. The molecule has 0 saturated heterocycles. The van der Waals surface area contributed by atoms with E-state index in [4.69, 9.17) is 0 Å². The van der Waals surface area contributed by atoms with Gasteiger partial charge in [0, 0.05) is 10.9 Å². The van der Waals surface area contributed by atoms with Gasteiger partial charge >= 0.3 is 0 Å². The Morgan fingerprint density at radius 3 is 2.50 bits per heavy atom. The van der Waals surface area contributed by atoms with E-state index in [1.54, 1.807) is 30.3 Å². The number of aryl methyl sites for hydroxylation is 1. The number of carbonyl (C=O) groups excluding carboxylic acids is 1. The lowest BCUT2D eigenvalue weighted by Gasteiger charge is -2.12. The molecule has 4 nitrogen and oxygen atoms in total. The number of nitrogens with one attached hydrogen (secondary N) is 1. The number of carbonyl (C=O) groups is 1. The van der Waals surface area contributed by atoms with E-state index in [0.717, 1.165) is 5.56 Å². The molecular formula is C23H17FN2O2. The fourth-order valence-electron chi connectivity index (χ4n) is 3.07. The standard InChI is InChI=1S/C23H17FN2O2/c1-14-6-11-20(22(27)12-14)26-23(28)18-13-21(15-7-9-16(24)10-8-15)25-19-5-3-2-4-17(18)19/h2-13,27H,1H3,(H,26,28). The van der Waals surface area contributed by atoms with Gasteiger partial charge in [-0.3, -0.25) is 4.79 Å². The van der Waals surface area contributed by atoms with Crippen molar-refractivity contribution in [3.8, 4) is 17.0 Å². The van der Waals surface area contributed by atoms with Crippen LogP contribution in [-0.4, -0.2) is 16.0 Å². The first-order valence-electron chi connectivity index (χ1n) is 8.78. The van der Waals surface area contributed by atoms with Gasteiger partial charge in [0.2, 0.25) is 0 Å². The molecule has 0 fully saturated rings. The van der Waals surface area contributed by atoms with Crippen LogP contribution < -0.4 is 5.32 Å². The summed E-state index contributed by atoms with van der Waals surface area (Å²) in [7, 11) is 0. The summed E-state index contributed by atoms with van der Waals surface area (Å²) in [5.74, 6) is -0.691. The zero-order chi connectivity index (χ0) is 19.7. The molecule has 4 rings (SSSR count). The molecule has 0 bridgehead atoms. The van der Waals surface area contributed by atoms with Crippen molar-refractivity contribution < 1.29 is 14.3 Å². The van der Waals surface area contributed by atoms with E-state index < -0.39 is 0 Å². The van der Waals surface area contributed by atoms with E-state index in [-0.39, 0.29) is 17.5 Å². The van der Waals surface area contributed by atoms with Crippen LogP contribution in [0, 0.1) is 12.7 Å². The van der Waals surface area contributed by atoms with Crippen molar-refractivity contribution in [2.45, 2.75) is 6.92 Å². The summed E-state index contributed by atoms with van der Waals surface area (Å²) in [5, 5.41) is 13.5. The van der Waals surface area contributed by atoms with Crippen molar-refractivity contribution in [2.75, 3.05) is 5.32 Å². The van der Waals surface area contributed by atoms with Crippen molar-refractivity contribution in [1.82, 2.24) is 4.98 Å². The van der Waals surface area contributed by atoms with Crippen molar-refractivity contribution in [3.05, 3.63) is 89.7 Å². The van der Waals surface area contributed by atoms with Crippen LogP contribution in [0.5, 0.6) is 5.75 Å². The summed E-state index contributed by atoms with van der Waals surface area (Å²) in [5.41, 5.74) is 3.58. The number of aromatic nitrogens is 1. The van der Waals surface area contributed by atoms with Gasteiger partial charge in [-0.05, 0) is 61.0 Å². The normalized spacial score (nSPS) is 10.8. The van der Waals surface area contributed by atoms with Gasteiger partial charge in [-0.2, -0.15) is 0 Å². The Hall–Kier alpha value is -3.73. The first kappa shape index (κ1) is 17.7. The van der Waals surface area contributed by atoms with Crippen molar-refractivity contribution in [2.24, 2.45) is 0 Å². The van der Waals surface area contributed by atoms with Crippen LogP contribution in [0.1, 0.15) is 15.9 Å². The van der Waals surface area contributed by atoms with Gasteiger partial charge in [-0.1, -0.05) is 24.3 Å². The summed E-state index contributed by atoms with van der Waals surface area (Å²) < 4.78 is 13.3. The molecule has 28 heavy (non-hydrogen) atoms. The highest BCUT2D eigenvalue weighted by molar-refractivity contribution is 6.13. The lowest BCUT2D eigenvalue weighted by Crippen LogP contribution is -2.13. The Balaban J connectivity index is 1.80. The van der Waals surface area contributed by atoms with Crippen molar-refractivity contribution >= 4 is 22.5 Å². The van der Waals surface area contributed by atoms with Gasteiger partial charge in [0.15, 0.2) is 0 Å². The molecule has 1 amide bonds. The molecule has 0 aliphatic rings. The van der Waals surface area contributed by atoms with Gasteiger partial charge in [0.25, 0.3) is 5.91 Å². The largest absolute Gasteiger partial charge is 0.506 e. The van der Waals surface area contributed by atoms with E-state index >= 15 is 0 Å². The molecule has 0 unspecified atom stereocenters. The molecule has 0 radical (unpaired) electrons. The highest BCUT2D eigenvalue weighted by atomic mass is 19.1. The molecule has 2 N–H and O–H groups in total. The Morgan fingerprint density at radius 1 is 1.00 bits per heavy atom. The first-order valence-corrected chi connectivity index (χ1v) is 8.78. The van der Waals surface area contributed by atoms with Gasteiger partial charge in [-0.15, -0.1) is 0 Å². The highest BCUT2D eigenvalue weighted by Gasteiger charge is 2.15. The van der Waals surface area contributed by atoms with Crippen LogP contribution in [0.4, 0.5) is 10.1 Å². The van der Waals surface area contributed by atoms with E-state index in [9.17, 15) is 14.3 Å². The fourth-order valence-corrected chi connectivity index (χ4v) is 3.07. The number of fused-ring (bicyclic) bond motifs is 1. The second kappa shape index (κ2) is 7.12. The Kier molecular flexibility index (Phi) is 4.49. The Bertz CT molecular complexity index is 1190. The molecular weight excluding hydrogens is 355 g/mol. The van der Waals surface area contributed by atoms with Crippen LogP contribution in [-0.2, 0) is 0 Å². The van der Waals surface area contributed by atoms with E-state index in [1.165, 1.54) is 12.1 Å². The number of aromatic hydroxyl groups is 1. The number of rotatable bonds is 3. The van der Waals surface area contributed by atoms with E-state index in [0.29, 0.717) is 33.4 Å². The minimum Gasteiger partial charge on any atom is -0.506 e. The molecule has 4 aromatic rings. The second-order valence-electron chi connectivity index (χ2n) is 6.55. The van der Waals surface area contributed by atoms with Crippen molar-refractivity contribution in [3.63, 3.8) is 0 Å². The number of halogens is 1. The van der Waals surface area contributed by atoms with Crippen LogP contribution in [0.25, 0.3) is 22.2 Å². The SMILES string of the molecule is Cc1ccc(NC(=O)c2cc(-c3ccc(F)cc3)nc3ccccc23)c(O)c1. The van der Waals surface area contributed by atoms with Crippen LogP contribution in [0.15, 0.2) is 72.8 Å². The minimum atomic E-state index is -0.360. The predicted octanol–water partition coefficient (Wildman–Crippen LogP) is 5.31. The molecule has 1 heterocycles. The molecule has 0 saturated carbocycles. The predicted molar refractivity (Wildman–Crippen MR) is 108 cm³/mol. The number of amides is 1. The van der Waals surface area contributed by atoms with Gasteiger partial charge in [0.1, 0.15) is 11.6 Å². The number of anilines is 1. The van der Waals surface area contributed by atoms with Gasteiger partial charge < -0.3 is 10.4 Å². The van der Waals surface area contributed by atoms with Gasteiger partial charge in [-0.25, -0.2) is 9.37 Å². The molecule has 0 atom stereocenters. The minimum absolute atomic E-state index is 0.00506. The van der Waals surface area contributed by atoms with Gasteiger partial charge in [0.05, 0.1) is 22.5 Å². The lowest BCUT2D eigenvalue weighted by atomic mass is 10.0. The molecule has 5 heteroatoms. The highest BCUT2D eigenvalue weighted by Crippen LogP contribution is 2.28. The molecule has 0 spiro atoms. The summed E-state index contributed by atoms with van der Waals surface area (Å²) in [4.78, 5) is 17.6. The number of phenols is 1. The van der Waals surface area contributed by atoms with E-state index in [2.05, 4.69) is 10.3 Å². The maximum atomic E-state index is 13.3. The zero-order valence-electron chi connectivity index (χ0n) is 15.1. The number of hydrogen-bond donors (Lipinski definition) is 2. The zero-order valence-corrected chi connectivity index (χ0v) is 15.1. The van der Waals surface area contributed by atoms with Crippen LogP contribution in [0.3, 0.4) is 0 Å². The summed E-state index contributed by atoms with van der Waals surface area (Å²) in [6.45, 7) is 1.86. The Morgan fingerprint density at radius 2 is 1.75 bits per heavy atom. The van der Waals surface area contributed by atoms with Crippen LogP contribution in [0.2, 0.25) is 0 Å². The smallest absolute Gasteiger partial charge is 0.256 e. The third-order valence-electron chi connectivity index (χ3n) is 4.50. The number of phenolic OH excluding ortho intramolecular Hbond substituents is 1. The third kappa shape index (κ3) is 3.42. The summed E-state index contributed by atoms with van der Waals surface area (Å²) >= 11 is 0. The molecule has 3 aromatic carbocycles. The molecule has 0 aliphatic carbocycles. The number of nitrogens with zero attached hydrogens (tertiary/aromatic N) is 1. The van der Waals surface area contributed by atoms with E-state index in [1.807, 2.05) is 37.3 Å². The summed E-state index contributed by atoms with van der Waals surface area (Å²) in [6, 6.07) is 20.0. The fraction of sp³-hybridized carbons (Fsp3) is 0.0435. The number of pyridine rings is 1. The maximum absolute atomic E-state index is 13.3. The topological polar surface area (TPSA) is 62.2 Å². The number of hydrogen-bond acceptors (Lipinski definition) is 3. The second-order valence-corrected chi connectivity index (χ2v) is 6.55. The quantitative estimate of drug-likeness (QED) is 0.479. The summed E-state index contributed by atoms with van der Waals surface area (Å²) in [6.07, 6.45) is 0. The maximum Gasteiger partial charge on any atom is 0.256 e. The average molecular weight is 372 g/mol. The number of benzene rings is 3. The third-order valence-corrected chi connectivity index (χ3v) is 4.50. The molecule has 138 valence electrons. The van der Waals surface area contributed by atoms with Crippen molar-refractivity contribution in [1.29, 1.82) is 0 Å².